The first-order valence-electron chi connectivity index (χ1n) is 21.5. The summed E-state index contributed by atoms with van der Waals surface area (Å²) in [4.78, 5) is 4.90. The van der Waals surface area contributed by atoms with E-state index in [0.717, 1.165) is 34.1 Å². The van der Waals surface area contributed by atoms with Crippen LogP contribution in [0.4, 0.5) is 34.1 Å². The van der Waals surface area contributed by atoms with Crippen molar-refractivity contribution >= 4 is 58.9 Å². The van der Waals surface area contributed by atoms with E-state index < -0.39 is 14.2 Å². The fraction of sp³-hybridized carbons (Fsp3) is 0.103. The smallest absolute Gasteiger partial charge is 0.0715 e. The lowest BCUT2D eigenvalue weighted by Gasteiger charge is -2.36. The summed E-state index contributed by atoms with van der Waals surface area (Å²) in [5.41, 5.74) is 17.5. The molecule has 0 bridgehead atoms. The van der Waals surface area contributed by atoms with Gasteiger partial charge in [0, 0.05) is 33.8 Å². The normalized spacial score (nSPS) is 12.6. The SMILES string of the molecule is Cc1ccc(N(c2ccc([SiH](C)C)cc2)c2ccc3c(c2)C(c2ccccc2)(c2ccccc2)c2cc(N(c4ccc(C)cc4)c4ccc(C)cc4)c4ccccc4c2-3)cc1. The molecule has 0 N–H and O–H groups in total. The number of hydrogen-bond acceptors (Lipinski definition) is 2. The zero-order chi connectivity index (χ0) is 41.7. The van der Waals surface area contributed by atoms with Gasteiger partial charge in [-0.05, 0) is 126 Å². The van der Waals surface area contributed by atoms with Gasteiger partial charge in [0.25, 0.3) is 0 Å². The molecule has 0 unspecified atom stereocenters. The maximum atomic E-state index is 2.52. The Labute approximate surface area is 362 Å². The van der Waals surface area contributed by atoms with Crippen LogP contribution in [0.3, 0.4) is 0 Å². The molecule has 9 aromatic rings. The fourth-order valence-corrected chi connectivity index (χ4v) is 10.6. The standard InChI is InChI=1S/C58H50N2Si/c1-40-20-26-45(27-21-40)59(46-32-35-50(36-33-46)61(4)5)49-34-37-53-54(38-49)58(43-14-8-6-9-15-43,44-16-10-7-11-17-44)55-39-56(51-18-12-13-19-52(51)57(53)55)60(47-28-22-41(2)23-29-47)48-30-24-42(3)25-31-48/h6-39,61H,1-5H3. The molecule has 3 heteroatoms. The third-order valence-corrected chi connectivity index (χ3v) is 14.4. The second-order valence-electron chi connectivity index (χ2n) is 17.0. The van der Waals surface area contributed by atoms with E-state index in [-0.39, 0.29) is 0 Å². The minimum atomic E-state index is -0.968. The zero-order valence-corrected chi connectivity index (χ0v) is 36.8. The summed E-state index contributed by atoms with van der Waals surface area (Å²) in [7, 11) is -0.968. The Morgan fingerprint density at radius 2 is 0.803 bits per heavy atom. The Morgan fingerprint density at radius 1 is 0.377 bits per heavy atom. The van der Waals surface area contributed by atoms with Crippen molar-refractivity contribution in [2.45, 2.75) is 39.3 Å². The van der Waals surface area contributed by atoms with Gasteiger partial charge in [-0.25, -0.2) is 0 Å². The van der Waals surface area contributed by atoms with Crippen LogP contribution in [-0.2, 0) is 5.41 Å². The molecule has 9 aromatic carbocycles. The highest BCUT2D eigenvalue weighted by molar-refractivity contribution is 6.70. The number of benzene rings is 9. The van der Waals surface area contributed by atoms with Gasteiger partial charge in [-0.15, -0.1) is 0 Å². The number of fused-ring (bicyclic) bond motifs is 5. The van der Waals surface area contributed by atoms with Crippen LogP contribution >= 0.6 is 0 Å². The van der Waals surface area contributed by atoms with E-state index in [1.807, 2.05) is 0 Å². The lowest BCUT2D eigenvalue weighted by atomic mass is 9.67. The average Bonchev–Trinajstić information content (AvgIpc) is 3.59. The molecule has 0 radical (unpaired) electrons. The molecule has 10 rings (SSSR count). The summed E-state index contributed by atoms with van der Waals surface area (Å²) in [6.07, 6.45) is 0. The Balaban J connectivity index is 1.31. The van der Waals surface area contributed by atoms with Gasteiger partial charge in [-0.2, -0.15) is 0 Å². The molecular weight excluding hydrogens is 753 g/mol. The van der Waals surface area contributed by atoms with Gasteiger partial charge in [0.2, 0.25) is 0 Å². The first-order chi connectivity index (χ1) is 29.8. The van der Waals surface area contributed by atoms with Crippen LogP contribution in [0.15, 0.2) is 206 Å². The average molecular weight is 803 g/mol. The predicted octanol–water partition coefficient (Wildman–Crippen LogP) is 14.8. The van der Waals surface area contributed by atoms with Crippen LogP contribution < -0.4 is 15.0 Å². The zero-order valence-electron chi connectivity index (χ0n) is 35.6. The Hall–Kier alpha value is -6.94. The monoisotopic (exact) mass is 802 g/mol. The summed E-state index contributed by atoms with van der Waals surface area (Å²) in [6, 6.07) is 77.4. The van der Waals surface area contributed by atoms with E-state index in [1.165, 1.54) is 66.0 Å². The highest BCUT2D eigenvalue weighted by Crippen LogP contribution is 2.60. The highest BCUT2D eigenvalue weighted by Gasteiger charge is 2.48. The number of anilines is 6. The molecule has 0 saturated carbocycles. The minimum absolute atomic E-state index is 0.639. The van der Waals surface area contributed by atoms with Crippen molar-refractivity contribution in [3.05, 3.63) is 245 Å². The quantitative estimate of drug-likeness (QED) is 0.134. The molecule has 61 heavy (non-hydrogen) atoms. The molecule has 0 spiro atoms. The molecule has 0 aliphatic heterocycles. The van der Waals surface area contributed by atoms with E-state index >= 15 is 0 Å². The maximum Gasteiger partial charge on any atom is 0.0715 e. The van der Waals surface area contributed by atoms with E-state index in [4.69, 9.17) is 0 Å². The van der Waals surface area contributed by atoms with E-state index in [1.54, 1.807) is 0 Å². The molecular formula is C58H50N2Si. The highest BCUT2D eigenvalue weighted by atomic mass is 28.3. The van der Waals surface area contributed by atoms with Gasteiger partial charge >= 0.3 is 0 Å². The van der Waals surface area contributed by atoms with Gasteiger partial charge in [0.15, 0.2) is 0 Å². The predicted molar refractivity (Wildman–Crippen MR) is 263 cm³/mol. The van der Waals surface area contributed by atoms with Crippen molar-refractivity contribution < 1.29 is 0 Å². The Kier molecular flexibility index (Phi) is 9.78. The summed E-state index contributed by atoms with van der Waals surface area (Å²) >= 11 is 0. The Morgan fingerprint density at radius 3 is 1.30 bits per heavy atom. The molecule has 0 atom stereocenters. The Bertz CT molecular complexity index is 2910. The van der Waals surface area contributed by atoms with Crippen LogP contribution in [0, 0.1) is 20.8 Å². The van der Waals surface area contributed by atoms with Gasteiger partial charge in [0.05, 0.1) is 19.9 Å². The van der Waals surface area contributed by atoms with Crippen molar-refractivity contribution in [2.75, 3.05) is 9.80 Å². The summed E-state index contributed by atoms with van der Waals surface area (Å²) in [5.74, 6) is 0. The lowest BCUT2D eigenvalue weighted by molar-refractivity contribution is 0.769. The molecule has 0 heterocycles. The van der Waals surface area contributed by atoms with E-state index in [2.05, 4.69) is 250 Å². The van der Waals surface area contributed by atoms with E-state index in [9.17, 15) is 0 Å². The minimum Gasteiger partial charge on any atom is -0.310 e. The largest absolute Gasteiger partial charge is 0.310 e. The number of rotatable bonds is 9. The number of hydrogen-bond donors (Lipinski definition) is 0. The first kappa shape index (κ1) is 38.3. The second-order valence-corrected chi connectivity index (χ2v) is 20.0. The number of aryl methyl sites for hydroxylation is 3. The van der Waals surface area contributed by atoms with Crippen LogP contribution in [-0.4, -0.2) is 8.80 Å². The maximum absolute atomic E-state index is 2.52. The molecule has 2 nitrogen and oxygen atoms in total. The molecule has 0 amide bonds. The van der Waals surface area contributed by atoms with Gasteiger partial charge in [0.1, 0.15) is 0 Å². The first-order valence-corrected chi connectivity index (χ1v) is 24.4. The van der Waals surface area contributed by atoms with Crippen LogP contribution in [0.2, 0.25) is 13.1 Å². The van der Waals surface area contributed by atoms with Crippen LogP contribution in [0.1, 0.15) is 38.9 Å². The van der Waals surface area contributed by atoms with Crippen LogP contribution in [0.25, 0.3) is 21.9 Å². The topological polar surface area (TPSA) is 6.48 Å². The van der Waals surface area contributed by atoms with Crippen molar-refractivity contribution in [3.63, 3.8) is 0 Å². The van der Waals surface area contributed by atoms with Gasteiger partial charge in [-0.1, -0.05) is 174 Å². The molecule has 0 fully saturated rings. The molecule has 1 aliphatic carbocycles. The van der Waals surface area contributed by atoms with Gasteiger partial charge < -0.3 is 9.80 Å². The molecule has 296 valence electrons. The molecule has 0 aromatic heterocycles. The van der Waals surface area contributed by atoms with Crippen molar-refractivity contribution in [3.8, 4) is 11.1 Å². The van der Waals surface area contributed by atoms with Gasteiger partial charge in [-0.3, -0.25) is 0 Å². The lowest BCUT2D eigenvalue weighted by Crippen LogP contribution is -2.29. The summed E-state index contributed by atoms with van der Waals surface area (Å²) < 4.78 is 0. The molecule has 1 aliphatic rings. The van der Waals surface area contributed by atoms with Crippen molar-refractivity contribution in [1.29, 1.82) is 0 Å². The van der Waals surface area contributed by atoms with Crippen molar-refractivity contribution in [2.24, 2.45) is 0 Å². The van der Waals surface area contributed by atoms with E-state index in [0.29, 0.717) is 0 Å². The summed E-state index contributed by atoms with van der Waals surface area (Å²) in [6.45, 7) is 11.3. The molecule has 0 saturated heterocycles. The third-order valence-electron chi connectivity index (χ3n) is 12.7. The number of nitrogens with zero attached hydrogens (tertiary/aromatic N) is 2. The summed E-state index contributed by atoms with van der Waals surface area (Å²) in [5, 5.41) is 3.92. The third kappa shape index (κ3) is 6.57. The van der Waals surface area contributed by atoms with Crippen molar-refractivity contribution in [1.82, 2.24) is 0 Å². The second kappa shape index (κ2) is 15.6. The van der Waals surface area contributed by atoms with Crippen LogP contribution in [0.5, 0.6) is 0 Å². The fourth-order valence-electron chi connectivity index (χ4n) is 9.60.